The second kappa shape index (κ2) is 14.0. The van der Waals surface area contributed by atoms with Crippen molar-refractivity contribution in [1.29, 1.82) is 0 Å². The van der Waals surface area contributed by atoms with Gasteiger partial charge in [-0.15, -0.1) is 21.5 Å². The van der Waals surface area contributed by atoms with Crippen molar-refractivity contribution in [2.45, 2.75) is 50.1 Å². The van der Waals surface area contributed by atoms with Crippen LogP contribution in [-0.2, 0) is 28.9 Å². The molecule has 0 unspecified atom stereocenters. The molecule has 2 aromatic heterocycles. The van der Waals surface area contributed by atoms with E-state index in [0.29, 0.717) is 44.3 Å². The molecule has 11 nitrogen and oxygen atoms in total. The number of carbonyl (C=O) groups is 3. The van der Waals surface area contributed by atoms with Gasteiger partial charge in [-0.05, 0) is 62.9 Å². The third kappa shape index (κ3) is 6.43. The number of hydrogen-bond acceptors (Lipinski definition) is 10. The number of esters is 1. The van der Waals surface area contributed by atoms with E-state index in [2.05, 4.69) is 20.8 Å². The molecular weight excluding hydrogens is 603 g/mol. The number of carbonyl (C=O) groups excluding carboxylic acids is 3. The minimum Gasteiger partial charge on any atom is -0.496 e. The number of rotatable bonds is 12. The lowest BCUT2D eigenvalue weighted by atomic mass is 10.1. The van der Waals surface area contributed by atoms with Crippen LogP contribution in [0, 0.1) is 0 Å². The van der Waals surface area contributed by atoms with Crippen LogP contribution in [0.25, 0.3) is 5.69 Å². The smallest absolute Gasteiger partial charge is 0.341 e. The predicted molar refractivity (Wildman–Crippen MR) is 168 cm³/mol. The van der Waals surface area contributed by atoms with Gasteiger partial charge in [0.05, 0.1) is 49.4 Å². The number of hydrogen-bond donors (Lipinski definition) is 2. The van der Waals surface area contributed by atoms with Crippen molar-refractivity contribution in [3.8, 4) is 17.2 Å². The van der Waals surface area contributed by atoms with Gasteiger partial charge >= 0.3 is 5.97 Å². The molecule has 0 aliphatic heterocycles. The molecule has 0 fully saturated rings. The molecular formula is C31H33N5O6S2. The lowest BCUT2D eigenvalue weighted by Gasteiger charge is -2.16. The number of nitrogens with one attached hydrogen (secondary N) is 2. The Labute approximate surface area is 263 Å². The fraction of sp³-hybridized carbons (Fsp3) is 0.323. The van der Waals surface area contributed by atoms with Crippen molar-refractivity contribution in [3.63, 3.8) is 0 Å². The zero-order valence-corrected chi connectivity index (χ0v) is 26.5. The van der Waals surface area contributed by atoms with Crippen LogP contribution in [0.5, 0.6) is 11.5 Å². The van der Waals surface area contributed by atoms with Crippen LogP contribution in [0.4, 0.5) is 5.00 Å². The second-order valence-corrected chi connectivity index (χ2v) is 12.2. The number of amides is 2. The Morgan fingerprint density at radius 3 is 2.50 bits per heavy atom. The summed E-state index contributed by atoms with van der Waals surface area (Å²) in [6.45, 7) is 3.82. The molecule has 2 heterocycles. The first kappa shape index (κ1) is 31.1. The number of thiophene rings is 1. The van der Waals surface area contributed by atoms with Crippen molar-refractivity contribution in [3.05, 3.63) is 75.9 Å². The summed E-state index contributed by atoms with van der Waals surface area (Å²) in [4.78, 5) is 40.4. The van der Waals surface area contributed by atoms with E-state index in [4.69, 9.17) is 14.2 Å². The Morgan fingerprint density at radius 1 is 1.02 bits per heavy atom. The number of thioether (sulfide) groups is 1. The van der Waals surface area contributed by atoms with Gasteiger partial charge in [-0.1, -0.05) is 36.0 Å². The lowest BCUT2D eigenvalue weighted by Crippen LogP contribution is -2.25. The first-order valence-electron chi connectivity index (χ1n) is 14.1. The van der Waals surface area contributed by atoms with Gasteiger partial charge in [0.2, 0.25) is 5.91 Å². The summed E-state index contributed by atoms with van der Waals surface area (Å²) in [6, 6.07) is 14.3. The maximum absolute atomic E-state index is 13.5. The van der Waals surface area contributed by atoms with Crippen LogP contribution in [0.3, 0.4) is 0 Å². The van der Waals surface area contributed by atoms with E-state index < -0.39 is 11.2 Å². The van der Waals surface area contributed by atoms with E-state index >= 15 is 0 Å². The van der Waals surface area contributed by atoms with Gasteiger partial charge in [0, 0.05) is 4.88 Å². The molecule has 230 valence electrons. The summed E-state index contributed by atoms with van der Waals surface area (Å²) in [5, 5.41) is 14.9. The number of ether oxygens (including phenoxy) is 3. The number of anilines is 1. The maximum atomic E-state index is 13.5. The molecule has 13 heteroatoms. The van der Waals surface area contributed by atoms with Gasteiger partial charge in [0.15, 0.2) is 11.0 Å². The number of para-hydroxylation sites is 3. The van der Waals surface area contributed by atoms with Crippen LogP contribution in [0.15, 0.2) is 53.7 Å². The number of benzene rings is 2. The number of aromatic nitrogens is 3. The van der Waals surface area contributed by atoms with Crippen LogP contribution in [0.2, 0.25) is 0 Å². The third-order valence-electron chi connectivity index (χ3n) is 7.07. The van der Waals surface area contributed by atoms with Crippen molar-refractivity contribution in [2.24, 2.45) is 0 Å². The van der Waals surface area contributed by atoms with E-state index in [0.717, 1.165) is 29.7 Å². The van der Waals surface area contributed by atoms with Crippen molar-refractivity contribution in [1.82, 2.24) is 20.1 Å². The fourth-order valence-corrected chi connectivity index (χ4v) is 7.13. The molecule has 0 bridgehead atoms. The van der Waals surface area contributed by atoms with Crippen molar-refractivity contribution >= 4 is 45.9 Å². The van der Waals surface area contributed by atoms with Crippen molar-refractivity contribution < 1.29 is 28.6 Å². The van der Waals surface area contributed by atoms with E-state index in [1.54, 1.807) is 49.8 Å². The maximum Gasteiger partial charge on any atom is 0.341 e. The lowest BCUT2D eigenvalue weighted by molar-refractivity contribution is -0.115. The molecule has 0 saturated carbocycles. The average Bonchev–Trinajstić information content (AvgIpc) is 3.74. The molecule has 4 aromatic rings. The molecule has 0 saturated heterocycles. The van der Waals surface area contributed by atoms with E-state index in [1.807, 2.05) is 24.3 Å². The first-order valence-corrected chi connectivity index (χ1v) is 15.8. The summed E-state index contributed by atoms with van der Waals surface area (Å²) >= 11 is 2.63. The van der Waals surface area contributed by atoms with E-state index in [1.165, 1.54) is 30.2 Å². The minimum absolute atomic E-state index is 0.0483. The normalized spacial score (nSPS) is 12.7. The second-order valence-electron chi connectivity index (χ2n) is 9.82. The monoisotopic (exact) mass is 635 g/mol. The minimum atomic E-state index is -0.615. The fourth-order valence-electron chi connectivity index (χ4n) is 4.97. The summed E-state index contributed by atoms with van der Waals surface area (Å²) in [5.74, 6) is 0.413. The van der Waals surface area contributed by atoms with Crippen LogP contribution in [0.1, 0.15) is 57.2 Å². The molecule has 0 spiro atoms. The average molecular weight is 636 g/mol. The van der Waals surface area contributed by atoms with Gasteiger partial charge in [-0.2, -0.15) is 0 Å². The quantitative estimate of drug-likeness (QED) is 0.162. The summed E-state index contributed by atoms with van der Waals surface area (Å²) in [6.07, 6.45) is 2.65. The van der Waals surface area contributed by atoms with E-state index in [-0.39, 0.29) is 25.0 Å². The Bertz CT molecular complexity index is 1680. The topological polar surface area (TPSA) is 134 Å². The predicted octanol–water partition coefficient (Wildman–Crippen LogP) is 5.06. The largest absolute Gasteiger partial charge is 0.496 e. The van der Waals surface area contributed by atoms with Crippen molar-refractivity contribution in [2.75, 3.05) is 26.1 Å². The number of aryl methyl sites for hydroxylation is 1. The highest BCUT2D eigenvalue weighted by molar-refractivity contribution is 8.00. The van der Waals surface area contributed by atoms with Crippen LogP contribution >= 0.6 is 23.1 Å². The molecule has 44 heavy (non-hydrogen) atoms. The van der Waals surface area contributed by atoms with E-state index in [9.17, 15) is 14.4 Å². The SMILES string of the molecule is CCOC(=O)c1c(NC(=O)[C@H](C)Sc2nnc(CNC(=O)c3ccccc3OC)n2-c2ccccc2OC)sc2c1CCC2. The molecule has 0 radical (unpaired) electrons. The summed E-state index contributed by atoms with van der Waals surface area (Å²) in [7, 11) is 3.07. The highest BCUT2D eigenvalue weighted by Crippen LogP contribution is 2.40. The van der Waals surface area contributed by atoms with Crippen LogP contribution < -0.4 is 20.1 Å². The highest BCUT2D eigenvalue weighted by Gasteiger charge is 2.30. The highest BCUT2D eigenvalue weighted by atomic mass is 32.2. The van der Waals surface area contributed by atoms with Gasteiger partial charge < -0.3 is 24.8 Å². The summed E-state index contributed by atoms with van der Waals surface area (Å²) in [5.41, 5.74) is 2.47. The Kier molecular flexibility index (Phi) is 9.85. The first-order chi connectivity index (χ1) is 21.4. The van der Waals surface area contributed by atoms with Gasteiger partial charge in [-0.25, -0.2) is 4.79 Å². The Balaban J connectivity index is 1.39. The molecule has 2 aromatic carbocycles. The van der Waals surface area contributed by atoms with Gasteiger partial charge in [-0.3, -0.25) is 14.2 Å². The number of methoxy groups -OCH3 is 2. The molecule has 5 rings (SSSR count). The molecule has 2 N–H and O–H groups in total. The molecule has 2 amide bonds. The Hall–Kier alpha value is -4.36. The molecule has 1 aliphatic carbocycles. The van der Waals surface area contributed by atoms with Gasteiger partial charge in [0.25, 0.3) is 5.91 Å². The standard InChI is InChI=1S/C31H33N5O6S2/c1-5-42-30(39)26-20-12-10-16-24(20)44-29(26)33-27(37)18(2)43-31-35-34-25(36(31)21-13-7-9-15-23(21)41-4)17-32-28(38)19-11-6-8-14-22(19)40-3/h6-9,11,13-15,18H,5,10,12,16-17H2,1-4H3,(H,32,38)(H,33,37)/t18-/m0/s1. The summed E-state index contributed by atoms with van der Waals surface area (Å²) < 4.78 is 18.0. The number of fused-ring (bicyclic) bond motifs is 1. The zero-order valence-electron chi connectivity index (χ0n) is 24.8. The van der Waals surface area contributed by atoms with Crippen LogP contribution in [-0.4, -0.2) is 58.6 Å². The third-order valence-corrected chi connectivity index (χ3v) is 9.32. The van der Waals surface area contributed by atoms with Gasteiger partial charge in [0.1, 0.15) is 16.5 Å². The zero-order chi connectivity index (χ0) is 31.2. The molecule has 1 aliphatic rings. The molecule has 1 atom stereocenters. The number of nitrogens with zero attached hydrogens (tertiary/aromatic N) is 3. The Morgan fingerprint density at radius 2 is 1.75 bits per heavy atom.